The summed E-state index contributed by atoms with van der Waals surface area (Å²) in [6.07, 6.45) is 1.39. The number of rotatable bonds is 5. The number of hydrogen-bond acceptors (Lipinski definition) is 5. The second-order valence-corrected chi connectivity index (χ2v) is 4.71. The van der Waals surface area contributed by atoms with E-state index in [1.807, 2.05) is 0 Å². The van der Waals surface area contributed by atoms with Crippen LogP contribution in [0.5, 0.6) is 11.5 Å². The van der Waals surface area contributed by atoms with Gasteiger partial charge in [-0.25, -0.2) is 4.79 Å². The molecule has 0 radical (unpaired) electrons. The number of nitro groups is 1. The van der Waals surface area contributed by atoms with Crippen molar-refractivity contribution in [3.63, 3.8) is 0 Å². The van der Waals surface area contributed by atoms with Crippen molar-refractivity contribution in [1.29, 1.82) is 0 Å². The van der Waals surface area contributed by atoms with Gasteiger partial charge in [0.2, 0.25) is 5.70 Å². The summed E-state index contributed by atoms with van der Waals surface area (Å²) < 4.78 is 10.5. The largest absolute Gasteiger partial charge is 0.493 e. The van der Waals surface area contributed by atoms with Gasteiger partial charge in [0.25, 0.3) is 0 Å². The van der Waals surface area contributed by atoms with Gasteiger partial charge in [0.1, 0.15) is 0 Å². The van der Waals surface area contributed by atoms with Gasteiger partial charge in [0.15, 0.2) is 11.5 Å². The molecule has 0 saturated heterocycles. The SMILES string of the molecule is COc1ccc(/C=C(\C)[N+](=O)[O-])cc1OC(=O)c1ccccc1. The van der Waals surface area contributed by atoms with E-state index in [9.17, 15) is 14.9 Å². The van der Waals surface area contributed by atoms with E-state index in [2.05, 4.69) is 0 Å². The third-order valence-electron chi connectivity index (χ3n) is 3.06. The van der Waals surface area contributed by atoms with Crippen molar-refractivity contribution in [2.45, 2.75) is 6.92 Å². The van der Waals surface area contributed by atoms with E-state index in [1.165, 1.54) is 26.2 Å². The molecule has 0 spiro atoms. The lowest BCUT2D eigenvalue weighted by Gasteiger charge is -2.10. The zero-order valence-corrected chi connectivity index (χ0v) is 12.7. The summed E-state index contributed by atoms with van der Waals surface area (Å²) in [5.74, 6) is 0.0347. The van der Waals surface area contributed by atoms with Crippen LogP contribution in [-0.2, 0) is 0 Å². The molecule has 0 unspecified atom stereocenters. The van der Waals surface area contributed by atoms with Gasteiger partial charge in [-0.2, -0.15) is 0 Å². The molecular weight excluding hydrogens is 298 g/mol. The van der Waals surface area contributed by atoms with Crippen molar-refractivity contribution in [1.82, 2.24) is 0 Å². The van der Waals surface area contributed by atoms with Crippen molar-refractivity contribution in [2.24, 2.45) is 0 Å². The van der Waals surface area contributed by atoms with Crippen molar-refractivity contribution in [2.75, 3.05) is 7.11 Å². The highest BCUT2D eigenvalue weighted by molar-refractivity contribution is 5.91. The second-order valence-electron chi connectivity index (χ2n) is 4.71. The summed E-state index contributed by atoms with van der Waals surface area (Å²) in [6.45, 7) is 1.39. The average molecular weight is 313 g/mol. The lowest BCUT2D eigenvalue weighted by Crippen LogP contribution is -2.09. The number of methoxy groups -OCH3 is 1. The van der Waals surface area contributed by atoms with E-state index >= 15 is 0 Å². The first kappa shape index (κ1) is 16.2. The van der Waals surface area contributed by atoms with Gasteiger partial charge in [-0.3, -0.25) is 10.1 Å². The number of carbonyl (C=O) groups is 1. The molecule has 0 saturated carbocycles. The average Bonchev–Trinajstić information content (AvgIpc) is 2.55. The van der Waals surface area contributed by atoms with Gasteiger partial charge in [0, 0.05) is 13.0 Å². The van der Waals surface area contributed by atoms with Crippen molar-refractivity contribution in [3.05, 3.63) is 75.5 Å². The van der Waals surface area contributed by atoms with Gasteiger partial charge in [-0.15, -0.1) is 0 Å². The number of ether oxygens (including phenoxy) is 2. The molecule has 6 nitrogen and oxygen atoms in total. The van der Waals surface area contributed by atoms with Crippen LogP contribution in [0.1, 0.15) is 22.8 Å². The van der Waals surface area contributed by atoms with Crippen molar-refractivity contribution in [3.8, 4) is 11.5 Å². The number of hydrogen-bond donors (Lipinski definition) is 0. The van der Waals surface area contributed by atoms with Crippen LogP contribution in [0.3, 0.4) is 0 Å². The lowest BCUT2D eigenvalue weighted by molar-refractivity contribution is -0.422. The maximum atomic E-state index is 12.1. The molecule has 0 heterocycles. The maximum absolute atomic E-state index is 12.1. The van der Waals surface area contributed by atoms with Gasteiger partial charge < -0.3 is 9.47 Å². The van der Waals surface area contributed by atoms with Crippen LogP contribution in [-0.4, -0.2) is 18.0 Å². The van der Waals surface area contributed by atoms with Gasteiger partial charge in [-0.1, -0.05) is 24.3 Å². The highest BCUT2D eigenvalue weighted by atomic mass is 16.6. The molecule has 0 aliphatic carbocycles. The molecular formula is C17H15NO5. The first-order valence-electron chi connectivity index (χ1n) is 6.79. The molecule has 2 aromatic rings. The smallest absolute Gasteiger partial charge is 0.343 e. The Balaban J connectivity index is 2.31. The molecule has 2 aromatic carbocycles. The topological polar surface area (TPSA) is 78.7 Å². The number of carbonyl (C=O) groups excluding carboxylic acids is 1. The minimum absolute atomic E-state index is 0.0181. The first-order chi connectivity index (χ1) is 11.0. The predicted octanol–water partition coefficient (Wildman–Crippen LogP) is 3.55. The Bertz CT molecular complexity index is 753. The van der Waals surface area contributed by atoms with E-state index in [-0.39, 0.29) is 11.4 Å². The van der Waals surface area contributed by atoms with Crippen LogP contribution in [0.15, 0.2) is 54.2 Å². The Morgan fingerprint density at radius 3 is 2.43 bits per heavy atom. The molecule has 0 bridgehead atoms. The maximum Gasteiger partial charge on any atom is 0.343 e. The number of esters is 1. The highest BCUT2D eigenvalue weighted by Crippen LogP contribution is 2.29. The zero-order valence-electron chi connectivity index (χ0n) is 12.7. The standard InChI is InChI=1S/C17H15NO5/c1-12(18(20)21)10-13-8-9-15(22-2)16(11-13)23-17(19)14-6-4-3-5-7-14/h3-11H,1-2H3/b12-10+. The van der Waals surface area contributed by atoms with Crippen LogP contribution in [0, 0.1) is 10.1 Å². The zero-order chi connectivity index (χ0) is 16.8. The Kier molecular flexibility index (Phi) is 5.09. The molecule has 118 valence electrons. The molecule has 0 aliphatic heterocycles. The first-order valence-corrected chi connectivity index (χ1v) is 6.79. The molecule has 23 heavy (non-hydrogen) atoms. The summed E-state index contributed by atoms with van der Waals surface area (Å²) in [7, 11) is 1.45. The third kappa shape index (κ3) is 4.16. The van der Waals surface area contributed by atoms with Gasteiger partial charge in [0.05, 0.1) is 17.6 Å². The summed E-state index contributed by atoms with van der Waals surface area (Å²) in [5, 5.41) is 10.7. The Morgan fingerprint density at radius 1 is 1.13 bits per heavy atom. The van der Waals surface area contributed by atoms with E-state index in [0.717, 1.165) is 0 Å². The lowest BCUT2D eigenvalue weighted by atomic mass is 10.1. The molecule has 0 amide bonds. The Labute approximate surface area is 133 Å². The van der Waals surface area contributed by atoms with Crippen LogP contribution in [0.2, 0.25) is 0 Å². The van der Waals surface area contributed by atoms with Crippen LogP contribution >= 0.6 is 0 Å². The molecule has 0 N–H and O–H groups in total. The monoisotopic (exact) mass is 313 g/mol. The van der Waals surface area contributed by atoms with E-state index < -0.39 is 10.9 Å². The number of benzene rings is 2. The second kappa shape index (κ2) is 7.22. The fraction of sp³-hybridized carbons (Fsp3) is 0.118. The minimum atomic E-state index is -0.531. The fourth-order valence-electron chi connectivity index (χ4n) is 1.89. The summed E-state index contributed by atoms with van der Waals surface area (Å²) >= 11 is 0. The Morgan fingerprint density at radius 2 is 1.83 bits per heavy atom. The third-order valence-corrected chi connectivity index (χ3v) is 3.06. The minimum Gasteiger partial charge on any atom is -0.493 e. The molecule has 0 atom stereocenters. The fourth-order valence-corrected chi connectivity index (χ4v) is 1.89. The number of nitrogens with zero attached hydrogens (tertiary/aromatic N) is 1. The molecule has 6 heteroatoms. The van der Waals surface area contributed by atoms with Crippen LogP contribution in [0.4, 0.5) is 0 Å². The van der Waals surface area contributed by atoms with Gasteiger partial charge in [-0.05, 0) is 29.8 Å². The predicted molar refractivity (Wildman–Crippen MR) is 85.0 cm³/mol. The van der Waals surface area contributed by atoms with Crippen LogP contribution < -0.4 is 9.47 Å². The highest BCUT2D eigenvalue weighted by Gasteiger charge is 2.13. The molecule has 0 aromatic heterocycles. The Hall–Kier alpha value is -3.15. The normalized spacial score (nSPS) is 11.0. The van der Waals surface area contributed by atoms with Crippen LogP contribution in [0.25, 0.3) is 6.08 Å². The van der Waals surface area contributed by atoms with E-state index in [4.69, 9.17) is 9.47 Å². The van der Waals surface area contributed by atoms with Crippen molar-refractivity contribution >= 4 is 12.0 Å². The number of allylic oxidation sites excluding steroid dienone is 1. The molecule has 2 rings (SSSR count). The molecule has 0 aliphatic rings. The summed E-state index contributed by atoms with van der Waals surface area (Å²) in [6, 6.07) is 13.3. The van der Waals surface area contributed by atoms with Gasteiger partial charge >= 0.3 is 5.97 Å². The van der Waals surface area contributed by atoms with Crippen molar-refractivity contribution < 1.29 is 19.2 Å². The quantitative estimate of drug-likeness (QED) is 0.365. The van der Waals surface area contributed by atoms with E-state index in [1.54, 1.807) is 42.5 Å². The summed E-state index contributed by atoms with van der Waals surface area (Å²) in [5.41, 5.74) is 0.920. The molecule has 0 fully saturated rings. The summed E-state index contributed by atoms with van der Waals surface area (Å²) in [4.78, 5) is 22.3. The van der Waals surface area contributed by atoms with E-state index in [0.29, 0.717) is 16.9 Å².